The Morgan fingerprint density at radius 2 is 2.07 bits per heavy atom. The molecule has 144 valence electrons. The molecule has 28 heavy (non-hydrogen) atoms. The molecule has 1 amide bonds. The summed E-state index contributed by atoms with van der Waals surface area (Å²) in [5.41, 5.74) is 0.991. The predicted molar refractivity (Wildman–Crippen MR) is 102 cm³/mol. The van der Waals surface area contributed by atoms with Crippen LogP contribution in [0.4, 0.5) is 11.5 Å². The third kappa shape index (κ3) is 4.31. The van der Waals surface area contributed by atoms with Crippen molar-refractivity contribution in [3.63, 3.8) is 0 Å². The lowest BCUT2D eigenvalue weighted by Gasteiger charge is -2.10. The van der Waals surface area contributed by atoms with E-state index in [-0.39, 0.29) is 11.3 Å². The maximum atomic E-state index is 12.8. The largest absolute Gasteiger partial charge is 0.307 e. The molecular weight excluding hydrogens is 382 g/mol. The molecule has 1 aromatic carbocycles. The summed E-state index contributed by atoms with van der Waals surface area (Å²) in [5.74, 6) is 0.167. The van der Waals surface area contributed by atoms with Crippen molar-refractivity contribution in [2.75, 3.05) is 5.32 Å². The third-order valence-electron chi connectivity index (χ3n) is 3.90. The lowest BCUT2D eigenvalue weighted by atomic mass is 10.1. The number of nitro benzene ring substituents is 1. The highest BCUT2D eigenvalue weighted by atomic mass is 32.2. The minimum absolute atomic E-state index is 0.136. The standard InChI is InChI=1S/C17H17N7O3S/c1-10(2)11-4-7-15(18-9-11)19-16(25)13-8-12(24(26)27)5-6-14(13)28-17-20-21-22-23(17)3/h4-10H,1-3H3,(H,18,19,25). The summed E-state index contributed by atoms with van der Waals surface area (Å²) >= 11 is 1.14. The molecule has 0 aliphatic carbocycles. The summed E-state index contributed by atoms with van der Waals surface area (Å²) in [7, 11) is 1.66. The lowest BCUT2D eigenvalue weighted by Crippen LogP contribution is -2.14. The minimum Gasteiger partial charge on any atom is -0.307 e. The van der Waals surface area contributed by atoms with Gasteiger partial charge in [-0.1, -0.05) is 19.9 Å². The molecule has 0 aliphatic rings. The van der Waals surface area contributed by atoms with E-state index >= 15 is 0 Å². The number of amides is 1. The number of nitrogens with zero attached hydrogens (tertiary/aromatic N) is 6. The van der Waals surface area contributed by atoms with Gasteiger partial charge in [-0.15, -0.1) is 5.10 Å². The van der Waals surface area contributed by atoms with E-state index in [9.17, 15) is 14.9 Å². The fraction of sp³-hybridized carbons (Fsp3) is 0.235. The van der Waals surface area contributed by atoms with Gasteiger partial charge < -0.3 is 5.32 Å². The molecule has 0 saturated heterocycles. The summed E-state index contributed by atoms with van der Waals surface area (Å²) in [6, 6.07) is 7.63. The molecule has 10 nitrogen and oxygen atoms in total. The molecule has 0 atom stereocenters. The maximum Gasteiger partial charge on any atom is 0.270 e. The van der Waals surface area contributed by atoms with Crippen LogP contribution in [0.25, 0.3) is 0 Å². The number of hydrogen-bond acceptors (Lipinski definition) is 8. The molecule has 3 rings (SSSR count). The Labute approximate surface area is 164 Å². The van der Waals surface area contributed by atoms with E-state index < -0.39 is 10.8 Å². The second-order valence-corrected chi connectivity index (χ2v) is 7.22. The molecule has 11 heteroatoms. The van der Waals surface area contributed by atoms with E-state index in [4.69, 9.17) is 0 Å². The highest BCUT2D eigenvalue weighted by Gasteiger charge is 2.20. The number of pyridine rings is 1. The van der Waals surface area contributed by atoms with E-state index in [1.807, 2.05) is 19.9 Å². The highest BCUT2D eigenvalue weighted by Crippen LogP contribution is 2.31. The number of carbonyl (C=O) groups is 1. The molecule has 0 unspecified atom stereocenters. The highest BCUT2D eigenvalue weighted by molar-refractivity contribution is 7.99. The monoisotopic (exact) mass is 399 g/mol. The van der Waals surface area contributed by atoms with Crippen LogP contribution >= 0.6 is 11.8 Å². The van der Waals surface area contributed by atoms with Crippen molar-refractivity contribution in [3.8, 4) is 0 Å². The maximum absolute atomic E-state index is 12.8. The Morgan fingerprint density at radius 3 is 2.64 bits per heavy atom. The molecule has 0 aliphatic heterocycles. The average Bonchev–Trinajstić information content (AvgIpc) is 3.07. The van der Waals surface area contributed by atoms with Crippen LogP contribution in [0.5, 0.6) is 0 Å². The number of carbonyl (C=O) groups excluding carboxylic acids is 1. The SMILES string of the molecule is CC(C)c1ccc(NC(=O)c2cc([N+](=O)[O-])ccc2Sc2nnnn2C)nc1. The topological polar surface area (TPSA) is 129 Å². The number of aryl methyl sites for hydroxylation is 1. The fourth-order valence-electron chi connectivity index (χ4n) is 2.31. The fourth-order valence-corrected chi connectivity index (χ4v) is 3.15. The first-order valence-electron chi connectivity index (χ1n) is 8.31. The summed E-state index contributed by atoms with van der Waals surface area (Å²) in [6.07, 6.45) is 1.69. The average molecular weight is 399 g/mol. The smallest absolute Gasteiger partial charge is 0.270 e. The normalized spacial score (nSPS) is 10.9. The second kappa shape index (κ2) is 8.13. The molecule has 3 aromatic rings. The van der Waals surface area contributed by atoms with Crippen LogP contribution in [-0.4, -0.2) is 36.0 Å². The zero-order valence-corrected chi connectivity index (χ0v) is 16.2. The van der Waals surface area contributed by atoms with Gasteiger partial charge in [0, 0.05) is 30.3 Å². The Balaban J connectivity index is 1.90. The minimum atomic E-state index is -0.551. The van der Waals surface area contributed by atoms with Crippen molar-refractivity contribution < 1.29 is 9.72 Å². The van der Waals surface area contributed by atoms with Gasteiger partial charge in [0.2, 0.25) is 5.16 Å². The van der Waals surface area contributed by atoms with E-state index in [0.29, 0.717) is 21.8 Å². The number of hydrogen-bond donors (Lipinski definition) is 1. The lowest BCUT2D eigenvalue weighted by molar-refractivity contribution is -0.384. The van der Waals surface area contributed by atoms with Crippen molar-refractivity contribution in [1.29, 1.82) is 0 Å². The van der Waals surface area contributed by atoms with Gasteiger partial charge in [0.1, 0.15) is 5.82 Å². The first kappa shape index (κ1) is 19.4. The van der Waals surface area contributed by atoms with Crippen LogP contribution in [0, 0.1) is 10.1 Å². The van der Waals surface area contributed by atoms with Crippen LogP contribution in [-0.2, 0) is 7.05 Å². The summed E-state index contributed by atoms with van der Waals surface area (Å²) < 4.78 is 1.44. The first-order chi connectivity index (χ1) is 13.3. The van der Waals surface area contributed by atoms with Crippen molar-refractivity contribution in [3.05, 3.63) is 57.8 Å². The Bertz CT molecular complexity index is 1020. The van der Waals surface area contributed by atoms with Crippen LogP contribution in [0.2, 0.25) is 0 Å². The summed E-state index contributed by atoms with van der Waals surface area (Å²) in [5, 5.41) is 25.4. The van der Waals surface area contributed by atoms with Crippen molar-refractivity contribution in [2.24, 2.45) is 7.05 Å². The van der Waals surface area contributed by atoms with Crippen molar-refractivity contribution in [1.82, 2.24) is 25.2 Å². The molecule has 1 N–H and O–H groups in total. The molecule has 0 saturated carbocycles. The number of benzene rings is 1. The molecule has 0 spiro atoms. The van der Waals surface area contributed by atoms with Gasteiger partial charge >= 0.3 is 0 Å². The number of rotatable bonds is 6. The van der Waals surface area contributed by atoms with E-state index in [2.05, 4.69) is 25.8 Å². The number of aromatic nitrogens is 5. The zero-order chi connectivity index (χ0) is 20.3. The van der Waals surface area contributed by atoms with Crippen LogP contribution in [0.15, 0.2) is 46.6 Å². The molecule has 0 radical (unpaired) electrons. The zero-order valence-electron chi connectivity index (χ0n) is 15.4. The third-order valence-corrected chi connectivity index (χ3v) is 5.00. The number of nitrogens with one attached hydrogen (secondary N) is 1. The summed E-state index contributed by atoms with van der Waals surface area (Å²) in [4.78, 5) is 28.1. The van der Waals surface area contributed by atoms with Gasteiger partial charge in [-0.2, -0.15) is 0 Å². The number of anilines is 1. The number of nitro groups is 1. The number of tetrazole rings is 1. The summed E-state index contributed by atoms with van der Waals surface area (Å²) in [6.45, 7) is 4.09. The Morgan fingerprint density at radius 1 is 1.29 bits per heavy atom. The Kier molecular flexibility index (Phi) is 5.64. The van der Waals surface area contributed by atoms with Gasteiger partial charge in [-0.3, -0.25) is 14.9 Å². The van der Waals surface area contributed by atoms with Crippen molar-refractivity contribution in [2.45, 2.75) is 29.8 Å². The number of non-ortho nitro benzene ring substituents is 1. The van der Waals surface area contributed by atoms with Crippen LogP contribution in [0.1, 0.15) is 35.7 Å². The molecular formula is C17H17N7O3S. The molecule has 2 heterocycles. The first-order valence-corrected chi connectivity index (χ1v) is 9.12. The van der Waals surface area contributed by atoms with Gasteiger partial charge in [0.15, 0.2) is 0 Å². The van der Waals surface area contributed by atoms with Gasteiger partial charge in [0.25, 0.3) is 11.6 Å². The molecule has 0 fully saturated rings. The van der Waals surface area contributed by atoms with Crippen LogP contribution in [0.3, 0.4) is 0 Å². The van der Waals surface area contributed by atoms with Gasteiger partial charge in [-0.25, -0.2) is 9.67 Å². The van der Waals surface area contributed by atoms with E-state index in [0.717, 1.165) is 17.3 Å². The molecule has 0 bridgehead atoms. The van der Waals surface area contributed by atoms with Gasteiger partial charge in [-0.05, 0) is 45.8 Å². The second-order valence-electron chi connectivity index (χ2n) is 6.21. The van der Waals surface area contributed by atoms with Gasteiger partial charge in [0.05, 0.1) is 10.5 Å². The Hall–Kier alpha value is -3.34. The van der Waals surface area contributed by atoms with Crippen molar-refractivity contribution >= 4 is 29.2 Å². The van der Waals surface area contributed by atoms with Crippen LogP contribution < -0.4 is 5.32 Å². The predicted octanol–water partition coefficient (Wildman–Crippen LogP) is 3.04. The molecule has 2 aromatic heterocycles. The quantitative estimate of drug-likeness (QED) is 0.495. The van der Waals surface area contributed by atoms with E-state index in [1.54, 1.807) is 19.3 Å². The van der Waals surface area contributed by atoms with E-state index in [1.165, 1.54) is 22.9 Å².